The van der Waals surface area contributed by atoms with E-state index in [1.54, 1.807) is 25.1 Å². The Morgan fingerprint density at radius 1 is 1.57 bits per heavy atom. The molecule has 1 saturated heterocycles. The number of ether oxygens (including phenoxy) is 1. The third-order valence-corrected chi connectivity index (χ3v) is 3.91. The maximum Gasteiger partial charge on any atom is 0.225 e. The smallest absolute Gasteiger partial charge is 0.225 e. The minimum Gasteiger partial charge on any atom is -0.375 e. The summed E-state index contributed by atoms with van der Waals surface area (Å²) in [5.74, 6) is -0.385. The summed E-state index contributed by atoms with van der Waals surface area (Å²) < 4.78 is 5.40. The van der Waals surface area contributed by atoms with Crippen LogP contribution >= 0.6 is 11.6 Å². The molecule has 1 N–H and O–H groups in total. The molecular weight excluding hydrogens is 292 g/mol. The molecular formula is C15H19ClN2O3. The average Bonchev–Trinajstić information content (AvgIpc) is 2.79. The Labute approximate surface area is 129 Å². The molecule has 1 aliphatic heterocycles. The Balaban J connectivity index is 1.91. The molecule has 2 atom stereocenters. The van der Waals surface area contributed by atoms with Crippen LogP contribution in [0, 0.1) is 5.92 Å². The molecule has 0 unspecified atom stereocenters. The van der Waals surface area contributed by atoms with Crippen molar-refractivity contribution in [3.8, 4) is 0 Å². The Morgan fingerprint density at radius 2 is 2.33 bits per heavy atom. The van der Waals surface area contributed by atoms with Crippen molar-refractivity contribution >= 4 is 23.4 Å². The number of nitrogens with one attached hydrogen (secondary N) is 1. The molecule has 2 rings (SSSR count). The number of methoxy groups -OCH3 is 1. The van der Waals surface area contributed by atoms with Crippen molar-refractivity contribution in [3.63, 3.8) is 0 Å². The van der Waals surface area contributed by atoms with Crippen molar-refractivity contribution in [3.05, 3.63) is 34.9 Å². The lowest BCUT2D eigenvalue weighted by Crippen LogP contribution is -2.35. The van der Waals surface area contributed by atoms with Gasteiger partial charge in [-0.3, -0.25) is 9.59 Å². The van der Waals surface area contributed by atoms with E-state index in [0.717, 1.165) is 5.56 Å². The Bertz CT molecular complexity index is 535. The number of carbonyl (C=O) groups is 2. The van der Waals surface area contributed by atoms with Crippen molar-refractivity contribution in [1.29, 1.82) is 0 Å². The van der Waals surface area contributed by atoms with Gasteiger partial charge >= 0.3 is 0 Å². The van der Waals surface area contributed by atoms with Crippen LogP contribution in [0.2, 0.25) is 5.02 Å². The third-order valence-electron chi connectivity index (χ3n) is 3.68. The zero-order valence-electron chi connectivity index (χ0n) is 12.1. The molecule has 0 bridgehead atoms. The maximum absolute atomic E-state index is 12.1. The van der Waals surface area contributed by atoms with Crippen molar-refractivity contribution in [2.45, 2.75) is 12.5 Å². The first-order valence-electron chi connectivity index (χ1n) is 6.81. The van der Waals surface area contributed by atoms with E-state index in [4.69, 9.17) is 16.3 Å². The van der Waals surface area contributed by atoms with Crippen LogP contribution in [0.5, 0.6) is 0 Å². The summed E-state index contributed by atoms with van der Waals surface area (Å²) in [6.07, 6.45) is 0.0134. The predicted octanol–water partition coefficient (Wildman–Crippen LogP) is 1.62. The minimum absolute atomic E-state index is 0.00767. The van der Waals surface area contributed by atoms with E-state index in [1.165, 1.54) is 0 Å². The van der Waals surface area contributed by atoms with Crippen molar-refractivity contribution in [2.24, 2.45) is 5.92 Å². The molecule has 1 fully saturated rings. The first kappa shape index (κ1) is 15.8. The summed E-state index contributed by atoms with van der Waals surface area (Å²) >= 11 is 5.96. The van der Waals surface area contributed by atoms with E-state index >= 15 is 0 Å². The molecule has 1 aliphatic rings. The van der Waals surface area contributed by atoms with Crippen LogP contribution in [0.25, 0.3) is 0 Å². The normalized spacial score (nSPS) is 19.7. The zero-order valence-corrected chi connectivity index (χ0v) is 12.9. The van der Waals surface area contributed by atoms with Crippen LogP contribution in [0.3, 0.4) is 0 Å². The fourth-order valence-corrected chi connectivity index (χ4v) is 2.62. The fraction of sp³-hybridized carbons (Fsp3) is 0.467. The van der Waals surface area contributed by atoms with Gasteiger partial charge in [-0.05, 0) is 17.7 Å². The molecule has 6 heteroatoms. The van der Waals surface area contributed by atoms with E-state index < -0.39 is 0 Å². The number of hydrogen-bond donors (Lipinski definition) is 1. The van der Waals surface area contributed by atoms with Crippen LogP contribution in [-0.4, -0.2) is 44.0 Å². The van der Waals surface area contributed by atoms with Gasteiger partial charge in [-0.15, -0.1) is 0 Å². The average molecular weight is 311 g/mol. The number of benzene rings is 1. The quantitative estimate of drug-likeness (QED) is 0.899. The molecule has 1 heterocycles. The van der Waals surface area contributed by atoms with Gasteiger partial charge in [-0.25, -0.2) is 0 Å². The second-order valence-corrected chi connectivity index (χ2v) is 5.64. The van der Waals surface area contributed by atoms with E-state index in [1.807, 2.05) is 18.2 Å². The molecule has 0 saturated carbocycles. The lowest BCUT2D eigenvalue weighted by atomic mass is 10.1. The molecule has 5 nitrogen and oxygen atoms in total. The predicted molar refractivity (Wildman–Crippen MR) is 80.0 cm³/mol. The Morgan fingerprint density at radius 3 is 2.90 bits per heavy atom. The SMILES string of the molecule is CO[C@H](CNC(=O)[C@H]1CC(=O)N(C)C1)c1cccc(Cl)c1. The maximum atomic E-state index is 12.1. The van der Waals surface area contributed by atoms with Gasteiger partial charge in [-0.2, -0.15) is 0 Å². The lowest BCUT2D eigenvalue weighted by Gasteiger charge is -2.18. The van der Waals surface area contributed by atoms with Crippen molar-refractivity contribution in [1.82, 2.24) is 10.2 Å². The highest BCUT2D eigenvalue weighted by Crippen LogP contribution is 2.20. The summed E-state index contributed by atoms with van der Waals surface area (Å²) in [5.41, 5.74) is 0.907. The highest BCUT2D eigenvalue weighted by Gasteiger charge is 2.32. The molecule has 0 radical (unpaired) electrons. The molecule has 21 heavy (non-hydrogen) atoms. The van der Waals surface area contributed by atoms with Gasteiger partial charge < -0.3 is 15.0 Å². The van der Waals surface area contributed by atoms with Crippen molar-refractivity contribution < 1.29 is 14.3 Å². The summed E-state index contributed by atoms with van der Waals surface area (Å²) in [4.78, 5) is 25.1. The Hall–Kier alpha value is -1.59. The molecule has 0 spiro atoms. The third kappa shape index (κ3) is 3.95. The van der Waals surface area contributed by atoms with Gasteiger partial charge in [0.2, 0.25) is 11.8 Å². The van der Waals surface area contributed by atoms with Gasteiger partial charge in [-0.1, -0.05) is 23.7 Å². The second-order valence-electron chi connectivity index (χ2n) is 5.20. The summed E-state index contributed by atoms with van der Waals surface area (Å²) in [7, 11) is 3.30. The van der Waals surface area contributed by atoms with E-state index in [0.29, 0.717) is 18.1 Å². The topological polar surface area (TPSA) is 58.6 Å². The van der Waals surface area contributed by atoms with E-state index in [-0.39, 0.29) is 30.3 Å². The first-order chi connectivity index (χ1) is 10.0. The largest absolute Gasteiger partial charge is 0.375 e. The number of nitrogens with zero attached hydrogens (tertiary/aromatic N) is 1. The number of carbonyl (C=O) groups excluding carboxylic acids is 2. The van der Waals surface area contributed by atoms with Crippen LogP contribution < -0.4 is 5.32 Å². The van der Waals surface area contributed by atoms with Crippen LogP contribution in [-0.2, 0) is 14.3 Å². The van der Waals surface area contributed by atoms with Crippen molar-refractivity contribution in [2.75, 3.05) is 27.2 Å². The molecule has 0 aromatic heterocycles. The molecule has 0 aliphatic carbocycles. The number of halogens is 1. The van der Waals surface area contributed by atoms with Gasteiger partial charge in [0.05, 0.1) is 12.0 Å². The number of rotatable bonds is 5. The summed E-state index contributed by atoms with van der Waals surface area (Å²) in [5, 5.41) is 3.48. The minimum atomic E-state index is -0.278. The highest BCUT2D eigenvalue weighted by atomic mass is 35.5. The van der Waals surface area contributed by atoms with Gasteiger partial charge in [0, 0.05) is 38.7 Å². The molecule has 1 aromatic rings. The van der Waals surface area contributed by atoms with Gasteiger partial charge in [0.15, 0.2) is 0 Å². The zero-order chi connectivity index (χ0) is 15.4. The van der Waals surface area contributed by atoms with Crippen LogP contribution in [0.15, 0.2) is 24.3 Å². The Kier molecular flexibility index (Phi) is 5.20. The molecule has 114 valence electrons. The van der Waals surface area contributed by atoms with Crippen LogP contribution in [0.1, 0.15) is 18.1 Å². The molecule has 1 aromatic carbocycles. The summed E-state index contributed by atoms with van der Waals surface area (Å²) in [6, 6.07) is 7.35. The monoisotopic (exact) mass is 310 g/mol. The number of hydrogen-bond acceptors (Lipinski definition) is 3. The summed E-state index contributed by atoms with van der Waals surface area (Å²) in [6.45, 7) is 0.823. The van der Waals surface area contributed by atoms with Gasteiger partial charge in [0.25, 0.3) is 0 Å². The second kappa shape index (κ2) is 6.91. The van der Waals surface area contributed by atoms with E-state index in [2.05, 4.69) is 5.32 Å². The lowest BCUT2D eigenvalue weighted by molar-refractivity contribution is -0.128. The highest BCUT2D eigenvalue weighted by molar-refractivity contribution is 6.30. The standard InChI is InChI=1S/C15H19ClN2O3/c1-18-9-11(7-14(18)19)15(20)17-8-13(21-2)10-4-3-5-12(16)6-10/h3-6,11,13H,7-9H2,1-2H3,(H,17,20)/t11-,13+/m0/s1. The number of amides is 2. The fourth-order valence-electron chi connectivity index (χ4n) is 2.42. The van der Waals surface area contributed by atoms with Crippen LogP contribution in [0.4, 0.5) is 0 Å². The molecule has 2 amide bonds. The number of likely N-dealkylation sites (tertiary alicyclic amines) is 1. The van der Waals surface area contributed by atoms with E-state index in [9.17, 15) is 9.59 Å². The first-order valence-corrected chi connectivity index (χ1v) is 7.19. The van der Waals surface area contributed by atoms with Gasteiger partial charge in [0.1, 0.15) is 0 Å².